The van der Waals surface area contributed by atoms with Gasteiger partial charge in [-0.15, -0.1) is 0 Å². The van der Waals surface area contributed by atoms with Crippen LogP contribution >= 0.6 is 0 Å². The minimum Gasteiger partial charge on any atom is -0.389 e. The smallest absolute Gasteiger partial charge is 0.0734 e. The van der Waals surface area contributed by atoms with E-state index in [1.807, 2.05) is 0 Å². The molecular weight excluding hydrogens is 260 g/mol. The molecule has 0 aromatic heterocycles. The molecule has 0 saturated carbocycles. The summed E-state index contributed by atoms with van der Waals surface area (Å²) in [6, 6.07) is 8.71. The van der Waals surface area contributed by atoms with Gasteiger partial charge in [0.15, 0.2) is 0 Å². The molecule has 1 aromatic carbocycles. The van der Waals surface area contributed by atoms with E-state index in [9.17, 15) is 5.11 Å². The monoisotopic (exact) mass is 290 g/mol. The first-order chi connectivity index (χ1) is 9.70. The zero-order valence-corrected chi connectivity index (χ0v) is 14.1. The van der Waals surface area contributed by atoms with Gasteiger partial charge in [0.05, 0.1) is 11.7 Å². The first-order valence-corrected chi connectivity index (χ1v) is 8.13. The van der Waals surface area contributed by atoms with Gasteiger partial charge in [-0.2, -0.15) is 0 Å². The highest BCUT2D eigenvalue weighted by Crippen LogP contribution is 2.32. The normalized spacial score (nSPS) is 27.1. The van der Waals surface area contributed by atoms with E-state index >= 15 is 0 Å². The largest absolute Gasteiger partial charge is 0.389 e. The summed E-state index contributed by atoms with van der Waals surface area (Å²) < 4.78 is 5.78. The molecule has 21 heavy (non-hydrogen) atoms. The lowest BCUT2D eigenvalue weighted by molar-refractivity contribution is -0.116. The Labute approximate surface area is 129 Å². The maximum atomic E-state index is 10.9. The van der Waals surface area contributed by atoms with Crippen LogP contribution in [-0.4, -0.2) is 23.4 Å². The standard InChI is InChI=1S/C19H30O2/c1-14(2)17-13-19(20,10-11-21-17)12-15-6-8-16(9-7-15)18(3,4)5/h6-9,14,17,20H,10-13H2,1-5H3. The molecule has 2 heteroatoms. The quantitative estimate of drug-likeness (QED) is 0.908. The zero-order chi connectivity index (χ0) is 15.7. The summed E-state index contributed by atoms with van der Waals surface area (Å²) in [5.41, 5.74) is 2.12. The lowest BCUT2D eigenvalue weighted by Crippen LogP contribution is -2.44. The van der Waals surface area contributed by atoms with E-state index in [0.717, 1.165) is 19.3 Å². The molecule has 1 aliphatic rings. The predicted molar refractivity (Wildman–Crippen MR) is 87.6 cm³/mol. The molecule has 118 valence electrons. The second-order valence-electron chi connectivity index (χ2n) is 7.96. The average molecular weight is 290 g/mol. The molecule has 1 N–H and O–H groups in total. The van der Waals surface area contributed by atoms with Crippen molar-refractivity contribution in [2.24, 2.45) is 5.92 Å². The molecule has 2 rings (SSSR count). The van der Waals surface area contributed by atoms with Gasteiger partial charge in [0.25, 0.3) is 0 Å². The first kappa shape index (κ1) is 16.5. The molecular formula is C19H30O2. The summed E-state index contributed by atoms with van der Waals surface area (Å²) in [6.45, 7) is 11.7. The van der Waals surface area contributed by atoms with Crippen molar-refractivity contribution in [1.82, 2.24) is 0 Å². The van der Waals surface area contributed by atoms with E-state index in [1.54, 1.807) is 0 Å². The SMILES string of the molecule is CC(C)C1CC(O)(Cc2ccc(C(C)(C)C)cc2)CCO1. The molecule has 1 aliphatic heterocycles. The van der Waals surface area contributed by atoms with Gasteiger partial charge in [-0.3, -0.25) is 0 Å². The second kappa shape index (κ2) is 6.10. The lowest BCUT2D eigenvalue weighted by atomic mass is 9.81. The summed E-state index contributed by atoms with van der Waals surface area (Å²) in [6.07, 6.45) is 2.38. The fraction of sp³-hybridized carbons (Fsp3) is 0.684. The third-order valence-electron chi connectivity index (χ3n) is 4.58. The fourth-order valence-corrected chi connectivity index (χ4v) is 3.03. The molecule has 1 fully saturated rings. The van der Waals surface area contributed by atoms with Gasteiger partial charge in [0.1, 0.15) is 0 Å². The molecule has 0 bridgehead atoms. The third kappa shape index (κ3) is 4.31. The summed E-state index contributed by atoms with van der Waals surface area (Å²) in [5.74, 6) is 0.458. The third-order valence-corrected chi connectivity index (χ3v) is 4.58. The van der Waals surface area contributed by atoms with Gasteiger partial charge in [0, 0.05) is 19.4 Å². The van der Waals surface area contributed by atoms with Gasteiger partial charge in [-0.05, 0) is 28.9 Å². The highest BCUT2D eigenvalue weighted by molar-refractivity contribution is 5.28. The molecule has 2 unspecified atom stereocenters. The topological polar surface area (TPSA) is 29.5 Å². The Hall–Kier alpha value is -0.860. The van der Waals surface area contributed by atoms with E-state index < -0.39 is 5.60 Å². The van der Waals surface area contributed by atoms with Crippen molar-refractivity contribution in [3.63, 3.8) is 0 Å². The molecule has 1 heterocycles. The first-order valence-electron chi connectivity index (χ1n) is 8.13. The van der Waals surface area contributed by atoms with E-state index in [2.05, 4.69) is 58.9 Å². The van der Waals surface area contributed by atoms with Crippen molar-refractivity contribution < 1.29 is 9.84 Å². The van der Waals surface area contributed by atoms with Gasteiger partial charge in [-0.25, -0.2) is 0 Å². The Bertz CT molecular complexity index is 455. The van der Waals surface area contributed by atoms with Crippen LogP contribution in [-0.2, 0) is 16.6 Å². The molecule has 2 nitrogen and oxygen atoms in total. The molecule has 2 atom stereocenters. The van der Waals surface area contributed by atoms with Crippen LogP contribution in [0, 0.1) is 5.92 Å². The Kier molecular flexibility index (Phi) is 4.79. The second-order valence-corrected chi connectivity index (χ2v) is 7.96. The van der Waals surface area contributed by atoms with Crippen LogP contribution in [0.3, 0.4) is 0 Å². The summed E-state index contributed by atoms with van der Waals surface area (Å²) in [4.78, 5) is 0. The van der Waals surface area contributed by atoms with E-state index in [1.165, 1.54) is 11.1 Å². The number of benzene rings is 1. The molecule has 0 spiro atoms. The lowest BCUT2D eigenvalue weighted by Gasteiger charge is -2.38. The Morgan fingerprint density at radius 2 is 1.86 bits per heavy atom. The maximum Gasteiger partial charge on any atom is 0.0734 e. The number of ether oxygens (including phenoxy) is 1. The Morgan fingerprint density at radius 1 is 1.24 bits per heavy atom. The minimum absolute atomic E-state index is 0.177. The molecule has 1 saturated heterocycles. The molecule has 0 amide bonds. The summed E-state index contributed by atoms with van der Waals surface area (Å²) in [5, 5.41) is 10.9. The molecule has 0 aliphatic carbocycles. The van der Waals surface area contributed by atoms with Crippen LogP contribution in [0.2, 0.25) is 0 Å². The maximum absolute atomic E-state index is 10.9. The van der Waals surface area contributed by atoms with Gasteiger partial charge < -0.3 is 9.84 Å². The minimum atomic E-state index is -0.615. The van der Waals surface area contributed by atoms with E-state index in [-0.39, 0.29) is 11.5 Å². The van der Waals surface area contributed by atoms with Crippen LogP contribution in [0.25, 0.3) is 0 Å². The summed E-state index contributed by atoms with van der Waals surface area (Å²) in [7, 11) is 0. The van der Waals surface area contributed by atoms with Crippen LogP contribution in [0.15, 0.2) is 24.3 Å². The van der Waals surface area contributed by atoms with Crippen molar-refractivity contribution in [2.45, 2.75) is 71.0 Å². The van der Waals surface area contributed by atoms with Gasteiger partial charge in [-0.1, -0.05) is 58.9 Å². The number of hydrogen-bond acceptors (Lipinski definition) is 2. The zero-order valence-electron chi connectivity index (χ0n) is 14.1. The van der Waals surface area contributed by atoms with Crippen LogP contribution < -0.4 is 0 Å². The number of aliphatic hydroxyl groups is 1. The number of rotatable bonds is 3. The van der Waals surface area contributed by atoms with Gasteiger partial charge in [0.2, 0.25) is 0 Å². The van der Waals surface area contributed by atoms with Crippen molar-refractivity contribution in [2.75, 3.05) is 6.61 Å². The van der Waals surface area contributed by atoms with Crippen LogP contribution in [0.4, 0.5) is 0 Å². The fourth-order valence-electron chi connectivity index (χ4n) is 3.03. The van der Waals surface area contributed by atoms with Crippen molar-refractivity contribution in [3.05, 3.63) is 35.4 Å². The van der Waals surface area contributed by atoms with Gasteiger partial charge >= 0.3 is 0 Å². The molecule has 1 aromatic rings. The van der Waals surface area contributed by atoms with Crippen LogP contribution in [0.5, 0.6) is 0 Å². The average Bonchev–Trinajstić information content (AvgIpc) is 2.37. The van der Waals surface area contributed by atoms with E-state index in [4.69, 9.17) is 4.74 Å². The predicted octanol–water partition coefficient (Wildman–Crippen LogP) is 4.09. The Balaban J connectivity index is 2.06. The highest BCUT2D eigenvalue weighted by atomic mass is 16.5. The Morgan fingerprint density at radius 3 is 2.38 bits per heavy atom. The van der Waals surface area contributed by atoms with E-state index in [0.29, 0.717) is 12.5 Å². The highest BCUT2D eigenvalue weighted by Gasteiger charge is 2.36. The van der Waals surface area contributed by atoms with Crippen molar-refractivity contribution >= 4 is 0 Å². The van der Waals surface area contributed by atoms with Crippen molar-refractivity contribution in [3.8, 4) is 0 Å². The summed E-state index contributed by atoms with van der Waals surface area (Å²) >= 11 is 0. The van der Waals surface area contributed by atoms with Crippen LogP contribution in [0.1, 0.15) is 58.6 Å². The van der Waals surface area contributed by atoms with Crippen molar-refractivity contribution in [1.29, 1.82) is 0 Å². The molecule has 0 radical (unpaired) electrons. The number of hydrogen-bond donors (Lipinski definition) is 1.